The van der Waals surface area contributed by atoms with Crippen molar-refractivity contribution in [2.45, 2.75) is 19.9 Å². The third-order valence-electron chi connectivity index (χ3n) is 2.31. The molecule has 0 N–H and O–H groups in total. The Morgan fingerprint density at radius 1 is 1.54 bits per heavy atom. The van der Waals surface area contributed by atoms with Gasteiger partial charge in [-0.1, -0.05) is 13.3 Å². The topological polar surface area (TPSA) is 26.9 Å². The Morgan fingerprint density at radius 3 is 2.62 bits per heavy atom. The Labute approximate surface area is 83.8 Å². The van der Waals surface area contributed by atoms with Gasteiger partial charge in [-0.15, -0.1) is 0 Å². The van der Waals surface area contributed by atoms with Crippen molar-refractivity contribution in [3.63, 3.8) is 0 Å². The molecule has 1 aromatic heterocycles. The van der Waals surface area contributed by atoms with Crippen molar-refractivity contribution in [3.05, 3.63) is 22.9 Å². The van der Waals surface area contributed by atoms with Gasteiger partial charge in [-0.05, 0) is 11.7 Å². The number of rotatable bonds is 4. The minimum atomic E-state index is 0.0558. The van der Waals surface area contributed by atoms with E-state index >= 15 is 0 Å². The van der Waals surface area contributed by atoms with Gasteiger partial charge >= 0.3 is 5.69 Å². The van der Waals surface area contributed by atoms with E-state index in [0.29, 0.717) is 5.92 Å². The number of aromatic nitrogens is 2. The fourth-order valence-corrected chi connectivity index (χ4v) is 1.62. The summed E-state index contributed by atoms with van der Waals surface area (Å²) in [7, 11) is 1.76. The predicted molar refractivity (Wildman–Crippen MR) is 57.3 cm³/mol. The van der Waals surface area contributed by atoms with Gasteiger partial charge in [0, 0.05) is 26.0 Å². The van der Waals surface area contributed by atoms with E-state index in [1.165, 1.54) is 0 Å². The summed E-state index contributed by atoms with van der Waals surface area (Å²) in [6, 6.07) is 0. The molecule has 1 unspecified atom stereocenters. The monoisotopic (exact) mass is 200 g/mol. The molecular weight excluding hydrogens is 184 g/mol. The lowest BCUT2D eigenvalue weighted by Gasteiger charge is -2.10. The highest BCUT2D eigenvalue weighted by Crippen LogP contribution is 2.06. The Balaban J connectivity index is 2.73. The van der Waals surface area contributed by atoms with Crippen LogP contribution in [-0.4, -0.2) is 14.9 Å². The van der Waals surface area contributed by atoms with Crippen LogP contribution in [0.4, 0.5) is 0 Å². The zero-order valence-corrected chi connectivity index (χ0v) is 9.00. The molecule has 3 nitrogen and oxygen atoms in total. The van der Waals surface area contributed by atoms with Gasteiger partial charge in [0.15, 0.2) is 0 Å². The Kier molecular flexibility index (Phi) is 3.66. The molecule has 13 heavy (non-hydrogen) atoms. The lowest BCUT2D eigenvalue weighted by Crippen LogP contribution is -2.25. The smallest absolute Gasteiger partial charge is 0.302 e. The van der Waals surface area contributed by atoms with E-state index in [9.17, 15) is 4.79 Å². The van der Waals surface area contributed by atoms with Gasteiger partial charge in [0.2, 0.25) is 0 Å². The molecule has 4 heteroatoms. The first-order valence-electron chi connectivity index (χ1n) is 4.51. The van der Waals surface area contributed by atoms with Crippen molar-refractivity contribution in [1.29, 1.82) is 0 Å². The van der Waals surface area contributed by atoms with Crippen molar-refractivity contribution in [2.24, 2.45) is 13.0 Å². The van der Waals surface area contributed by atoms with E-state index in [0.717, 1.165) is 18.7 Å². The van der Waals surface area contributed by atoms with Crippen LogP contribution >= 0.6 is 12.6 Å². The highest BCUT2D eigenvalue weighted by atomic mass is 32.1. The van der Waals surface area contributed by atoms with E-state index in [2.05, 4.69) is 19.6 Å². The van der Waals surface area contributed by atoms with Gasteiger partial charge in [-0.2, -0.15) is 12.6 Å². The third-order valence-corrected chi connectivity index (χ3v) is 2.82. The van der Waals surface area contributed by atoms with Crippen LogP contribution < -0.4 is 5.69 Å². The van der Waals surface area contributed by atoms with Gasteiger partial charge in [0.1, 0.15) is 0 Å². The van der Waals surface area contributed by atoms with Gasteiger partial charge in [-0.25, -0.2) is 4.79 Å². The van der Waals surface area contributed by atoms with Crippen LogP contribution in [0.2, 0.25) is 0 Å². The number of nitrogens with zero attached hydrogens (tertiary/aromatic N) is 2. The SMILES string of the molecule is CCC(CS)Cn1ccn(C)c1=O. The van der Waals surface area contributed by atoms with Gasteiger partial charge < -0.3 is 4.57 Å². The van der Waals surface area contributed by atoms with E-state index in [4.69, 9.17) is 0 Å². The Bertz CT molecular complexity index is 312. The molecule has 0 amide bonds. The van der Waals surface area contributed by atoms with Gasteiger partial charge in [-0.3, -0.25) is 4.57 Å². The summed E-state index contributed by atoms with van der Waals surface area (Å²) >= 11 is 4.24. The van der Waals surface area contributed by atoms with Crippen molar-refractivity contribution in [3.8, 4) is 0 Å². The normalized spacial score (nSPS) is 13.2. The van der Waals surface area contributed by atoms with Crippen LogP contribution in [0, 0.1) is 5.92 Å². The molecule has 0 radical (unpaired) electrons. The summed E-state index contributed by atoms with van der Waals surface area (Å²) in [6.45, 7) is 2.90. The molecule has 1 heterocycles. The molecule has 0 aliphatic heterocycles. The summed E-state index contributed by atoms with van der Waals surface area (Å²) in [5.41, 5.74) is 0.0558. The molecule has 0 saturated carbocycles. The van der Waals surface area contributed by atoms with Crippen molar-refractivity contribution < 1.29 is 0 Å². The highest BCUT2D eigenvalue weighted by molar-refractivity contribution is 7.80. The average Bonchev–Trinajstić information content (AvgIpc) is 2.45. The maximum atomic E-state index is 11.4. The fourth-order valence-electron chi connectivity index (χ4n) is 1.24. The van der Waals surface area contributed by atoms with Crippen LogP contribution in [0.1, 0.15) is 13.3 Å². The van der Waals surface area contributed by atoms with Crippen LogP contribution in [0.15, 0.2) is 17.2 Å². The van der Waals surface area contributed by atoms with Gasteiger partial charge in [0.25, 0.3) is 0 Å². The zero-order valence-electron chi connectivity index (χ0n) is 8.10. The lowest BCUT2D eigenvalue weighted by atomic mass is 10.1. The number of thiol groups is 1. The standard InChI is InChI=1S/C9H16N2OS/c1-3-8(7-13)6-11-5-4-10(2)9(11)12/h4-5,8,13H,3,6-7H2,1-2H3. The van der Waals surface area contributed by atoms with E-state index < -0.39 is 0 Å². The van der Waals surface area contributed by atoms with Crippen LogP contribution in [0.5, 0.6) is 0 Å². The molecule has 0 aromatic carbocycles. The van der Waals surface area contributed by atoms with E-state index in [1.54, 1.807) is 22.4 Å². The lowest BCUT2D eigenvalue weighted by molar-refractivity contribution is 0.465. The average molecular weight is 200 g/mol. The summed E-state index contributed by atoms with van der Waals surface area (Å²) < 4.78 is 3.33. The Hall–Kier alpha value is -0.640. The van der Waals surface area contributed by atoms with Crippen LogP contribution in [0.25, 0.3) is 0 Å². The quantitative estimate of drug-likeness (QED) is 0.725. The molecule has 1 rings (SSSR count). The largest absolute Gasteiger partial charge is 0.327 e. The molecule has 0 saturated heterocycles. The molecule has 0 spiro atoms. The molecule has 0 fully saturated rings. The molecule has 1 atom stereocenters. The second kappa shape index (κ2) is 4.56. The summed E-state index contributed by atoms with van der Waals surface area (Å²) in [4.78, 5) is 11.4. The number of hydrogen-bond acceptors (Lipinski definition) is 2. The van der Waals surface area contributed by atoms with Gasteiger partial charge in [0.05, 0.1) is 0 Å². The molecule has 0 bridgehead atoms. The fraction of sp³-hybridized carbons (Fsp3) is 0.667. The Morgan fingerprint density at radius 2 is 2.23 bits per heavy atom. The first kappa shape index (κ1) is 10.4. The maximum absolute atomic E-state index is 11.4. The van der Waals surface area contributed by atoms with Crippen molar-refractivity contribution in [2.75, 3.05) is 5.75 Å². The molecule has 0 aliphatic carbocycles. The summed E-state index contributed by atoms with van der Waals surface area (Å²) in [5, 5.41) is 0. The number of imidazole rings is 1. The van der Waals surface area contributed by atoms with E-state index in [1.807, 2.05) is 6.20 Å². The second-order valence-corrected chi connectivity index (χ2v) is 3.67. The first-order valence-corrected chi connectivity index (χ1v) is 5.15. The second-order valence-electron chi connectivity index (χ2n) is 3.30. The highest BCUT2D eigenvalue weighted by Gasteiger charge is 2.07. The van der Waals surface area contributed by atoms with Crippen molar-refractivity contribution in [1.82, 2.24) is 9.13 Å². The first-order chi connectivity index (χ1) is 6.19. The maximum Gasteiger partial charge on any atom is 0.327 e. The summed E-state index contributed by atoms with van der Waals surface area (Å²) in [5.74, 6) is 1.32. The minimum Gasteiger partial charge on any atom is -0.302 e. The molecule has 74 valence electrons. The van der Waals surface area contributed by atoms with E-state index in [-0.39, 0.29) is 5.69 Å². The number of aryl methyl sites for hydroxylation is 1. The number of hydrogen-bond donors (Lipinski definition) is 1. The third kappa shape index (κ3) is 2.40. The van der Waals surface area contributed by atoms with Crippen molar-refractivity contribution >= 4 is 12.6 Å². The van der Waals surface area contributed by atoms with Crippen LogP contribution in [0.3, 0.4) is 0 Å². The van der Waals surface area contributed by atoms with Crippen LogP contribution in [-0.2, 0) is 13.6 Å². The minimum absolute atomic E-state index is 0.0558. The zero-order chi connectivity index (χ0) is 9.84. The molecule has 1 aromatic rings. The summed E-state index contributed by atoms with van der Waals surface area (Å²) in [6.07, 6.45) is 4.67. The molecular formula is C9H16N2OS. The predicted octanol–water partition coefficient (Wildman–Crippen LogP) is 1.14. The molecule has 0 aliphatic rings.